The van der Waals surface area contributed by atoms with E-state index < -0.39 is 0 Å². The van der Waals surface area contributed by atoms with E-state index in [-0.39, 0.29) is 5.91 Å². The molecule has 0 aromatic rings. The molecule has 0 radical (unpaired) electrons. The normalized spacial score (nSPS) is 16.9. The van der Waals surface area contributed by atoms with Gasteiger partial charge in [0.2, 0.25) is 5.91 Å². The number of amides is 1. The Balaban J connectivity index is 2.46. The van der Waals surface area contributed by atoms with Gasteiger partial charge in [-0.15, -0.1) is 6.58 Å². The highest BCUT2D eigenvalue weighted by Gasteiger charge is 2.32. The fourth-order valence-corrected chi connectivity index (χ4v) is 2.27. The molecule has 3 heteroatoms. The molecule has 3 nitrogen and oxygen atoms in total. The van der Waals surface area contributed by atoms with Crippen LogP contribution >= 0.6 is 0 Å². The molecule has 1 saturated carbocycles. The molecule has 0 bridgehead atoms. The van der Waals surface area contributed by atoms with Crippen molar-refractivity contribution < 1.29 is 4.79 Å². The molecule has 0 unspecified atom stereocenters. The summed E-state index contributed by atoms with van der Waals surface area (Å²) in [6.07, 6.45) is 5.75. The lowest BCUT2D eigenvalue weighted by molar-refractivity contribution is -0.132. The van der Waals surface area contributed by atoms with Crippen LogP contribution in [0.3, 0.4) is 0 Å². The van der Waals surface area contributed by atoms with Crippen LogP contribution < -0.4 is 5.73 Å². The summed E-state index contributed by atoms with van der Waals surface area (Å²) in [7, 11) is 0. The van der Waals surface area contributed by atoms with Gasteiger partial charge in [-0.25, -0.2) is 0 Å². The Morgan fingerprint density at radius 1 is 1.53 bits per heavy atom. The molecule has 1 aliphatic rings. The Kier molecular flexibility index (Phi) is 5.69. The molecule has 98 valence electrons. The van der Waals surface area contributed by atoms with Crippen molar-refractivity contribution in [3.8, 4) is 0 Å². The fourth-order valence-electron chi connectivity index (χ4n) is 2.27. The van der Waals surface area contributed by atoms with Gasteiger partial charge in [-0.2, -0.15) is 0 Å². The monoisotopic (exact) mass is 238 g/mol. The van der Waals surface area contributed by atoms with Crippen LogP contribution in [-0.4, -0.2) is 29.9 Å². The van der Waals surface area contributed by atoms with E-state index >= 15 is 0 Å². The molecule has 1 amide bonds. The van der Waals surface area contributed by atoms with Crippen LogP contribution in [0.5, 0.6) is 0 Å². The van der Waals surface area contributed by atoms with Crippen molar-refractivity contribution in [3.63, 3.8) is 0 Å². The average molecular weight is 238 g/mol. The zero-order valence-corrected chi connectivity index (χ0v) is 11.2. The first-order valence-corrected chi connectivity index (χ1v) is 6.68. The van der Waals surface area contributed by atoms with E-state index in [4.69, 9.17) is 5.73 Å². The van der Waals surface area contributed by atoms with Gasteiger partial charge >= 0.3 is 0 Å². The number of rotatable bonds is 8. The van der Waals surface area contributed by atoms with Gasteiger partial charge in [-0.1, -0.05) is 19.9 Å². The van der Waals surface area contributed by atoms with Gasteiger partial charge in [-0.05, 0) is 37.6 Å². The van der Waals surface area contributed by atoms with Crippen molar-refractivity contribution in [1.82, 2.24) is 4.90 Å². The SMILES string of the molecule is C=CCN(C(=O)C[C@@H](CN)CC(C)C)C1CC1. The largest absolute Gasteiger partial charge is 0.336 e. The summed E-state index contributed by atoms with van der Waals surface area (Å²) < 4.78 is 0. The Bertz CT molecular complexity index is 259. The zero-order chi connectivity index (χ0) is 12.8. The van der Waals surface area contributed by atoms with Crippen molar-refractivity contribution in [2.75, 3.05) is 13.1 Å². The third-order valence-electron chi connectivity index (χ3n) is 3.24. The van der Waals surface area contributed by atoms with Crippen LogP contribution in [0.1, 0.15) is 39.5 Å². The summed E-state index contributed by atoms with van der Waals surface area (Å²) in [6.45, 7) is 9.37. The summed E-state index contributed by atoms with van der Waals surface area (Å²) in [6, 6.07) is 0.470. The van der Waals surface area contributed by atoms with Crippen LogP contribution in [0, 0.1) is 11.8 Å². The second-order valence-electron chi connectivity index (χ2n) is 5.50. The fraction of sp³-hybridized carbons (Fsp3) is 0.786. The lowest BCUT2D eigenvalue weighted by Gasteiger charge is -2.24. The molecule has 2 N–H and O–H groups in total. The van der Waals surface area contributed by atoms with E-state index in [2.05, 4.69) is 20.4 Å². The standard InChI is InChI=1S/C14H26N2O/c1-4-7-16(13-5-6-13)14(17)9-12(10-15)8-11(2)3/h4,11-13H,1,5-10,15H2,2-3H3/t12-/m0/s1. The van der Waals surface area contributed by atoms with Crippen molar-refractivity contribution in [2.45, 2.75) is 45.6 Å². The third-order valence-corrected chi connectivity index (χ3v) is 3.24. The van der Waals surface area contributed by atoms with Gasteiger partial charge in [0, 0.05) is 19.0 Å². The van der Waals surface area contributed by atoms with E-state index in [1.54, 1.807) is 0 Å². The zero-order valence-electron chi connectivity index (χ0n) is 11.2. The number of carbonyl (C=O) groups is 1. The number of hydrogen-bond acceptors (Lipinski definition) is 2. The third kappa shape index (κ3) is 4.90. The second kappa shape index (κ2) is 6.80. The first-order chi connectivity index (χ1) is 8.08. The quantitative estimate of drug-likeness (QED) is 0.659. The Morgan fingerprint density at radius 2 is 2.18 bits per heavy atom. The topological polar surface area (TPSA) is 46.3 Å². The maximum absolute atomic E-state index is 12.2. The van der Waals surface area contributed by atoms with Crippen LogP contribution in [0.4, 0.5) is 0 Å². The van der Waals surface area contributed by atoms with Crippen LogP contribution in [0.25, 0.3) is 0 Å². The number of nitrogens with zero attached hydrogens (tertiary/aromatic N) is 1. The van der Waals surface area contributed by atoms with Crippen molar-refractivity contribution >= 4 is 5.91 Å². The van der Waals surface area contributed by atoms with E-state index in [1.807, 2.05) is 11.0 Å². The Morgan fingerprint density at radius 3 is 2.59 bits per heavy atom. The number of carbonyl (C=O) groups excluding carboxylic acids is 1. The smallest absolute Gasteiger partial charge is 0.223 e. The summed E-state index contributed by atoms with van der Waals surface area (Å²) in [5.74, 6) is 1.18. The van der Waals surface area contributed by atoms with E-state index in [1.165, 1.54) is 0 Å². The van der Waals surface area contributed by atoms with Gasteiger partial charge in [-0.3, -0.25) is 4.79 Å². The van der Waals surface area contributed by atoms with Crippen LogP contribution in [-0.2, 0) is 4.79 Å². The van der Waals surface area contributed by atoms with Gasteiger partial charge in [0.1, 0.15) is 0 Å². The minimum atomic E-state index is 0.253. The lowest BCUT2D eigenvalue weighted by atomic mass is 9.93. The molecular formula is C14H26N2O. The highest BCUT2D eigenvalue weighted by molar-refractivity contribution is 5.77. The Hall–Kier alpha value is -0.830. The van der Waals surface area contributed by atoms with Crippen molar-refractivity contribution in [2.24, 2.45) is 17.6 Å². The van der Waals surface area contributed by atoms with Gasteiger partial charge in [0.05, 0.1) is 0 Å². The molecule has 0 aromatic heterocycles. The molecule has 0 saturated heterocycles. The van der Waals surface area contributed by atoms with Gasteiger partial charge < -0.3 is 10.6 Å². The minimum absolute atomic E-state index is 0.253. The predicted octanol–water partition coefficient (Wildman–Crippen LogP) is 2.17. The second-order valence-corrected chi connectivity index (χ2v) is 5.50. The number of hydrogen-bond donors (Lipinski definition) is 1. The molecule has 1 atom stereocenters. The summed E-state index contributed by atoms with van der Waals surface area (Å²) in [5, 5.41) is 0. The summed E-state index contributed by atoms with van der Waals surface area (Å²) >= 11 is 0. The first kappa shape index (κ1) is 14.2. The maximum atomic E-state index is 12.2. The van der Waals surface area contributed by atoms with E-state index in [0.717, 1.165) is 19.3 Å². The predicted molar refractivity (Wildman–Crippen MR) is 71.5 cm³/mol. The van der Waals surface area contributed by atoms with Crippen LogP contribution in [0.15, 0.2) is 12.7 Å². The summed E-state index contributed by atoms with van der Waals surface area (Å²) in [5.41, 5.74) is 5.74. The highest BCUT2D eigenvalue weighted by Crippen LogP contribution is 2.28. The van der Waals surface area contributed by atoms with E-state index in [0.29, 0.717) is 37.4 Å². The molecule has 0 heterocycles. The molecule has 0 spiro atoms. The maximum Gasteiger partial charge on any atom is 0.223 e. The van der Waals surface area contributed by atoms with E-state index in [9.17, 15) is 4.79 Å². The van der Waals surface area contributed by atoms with Crippen molar-refractivity contribution in [1.29, 1.82) is 0 Å². The first-order valence-electron chi connectivity index (χ1n) is 6.68. The molecule has 1 fully saturated rings. The van der Waals surface area contributed by atoms with Crippen LogP contribution in [0.2, 0.25) is 0 Å². The van der Waals surface area contributed by atoms with Gasteiger partial charge in [0.15, 0.2) is 0 Å². The molecule has 1 aliphatic carbocycles. The van der Waals surface area contributed by atoms with Crippen molar-refractivity contribution in [3.05, 3.63) is 12.7 Å². The lowest BCUT2D eigenvalue weighted by Crippen LogP contribution is -2.35. The van der Waals surface area contributed by atoms with Gasteiger partial charge in [0.25, 0.3) is 0 Å². The summed E-state index contributed by atoms with van der Waals surface area (Å²) in [4.78, 5) is 14.2. The minimum Gasteiger partial charge on any atom is -0.336 e. The molecule has 1 rings (SSSR count). The molecular weight excluding hydrogens is 212 g/mol. The Labute approximate surface area is 105 Å². The molecule has 17 heavy (non-hydrogen) atoms. The molecule has 0 aromatic carbocycles. The highest BCUT2D eigenvalue weighted by atomic mass is 16.2. The molecule has 0 aliphatic heterocycles. The average Bonchev–Trinajstić information content (AvgIpc) is 3.07. The number of nitrogens with two attached hydrogens (primary N) is 1.